The molecule has 0 atom stereocenters. The standard InChI is InChI=1S/C11H15N5O2/c1-6(2)4-7(17)13-11-14-9-8(10(18)15-11)12-5-16(9)3/h5-6H,4H2,1-3H3,(H2,13,14,15,17,18). The van der Waals surface area contributed by atoms with E-state index in [0.717, 1.165) is 0 Å². The highest BCUT2D eigenvalue weighted by molar-refractivity contribution is 5.89. The van der Waals surface area contributed by atoms with Crippen molar-refractivity contribution >= 4 is 23.0 Å². The number of amides is 1. The van der Waals surface area contributed by atoms with Crippen LogP contribution in [0, 0.1) is 5.92 Å². The number of hydrogen-bond donors (Lipinski definition) is 2. The Labute approximate surface area is 103 Å². The molecule has 0 bridgehead atoms. The summed E-state index contributed by atoms with van der Waals surface area (Å²) in [5.41, 5.74) is 0.346. The number of hydrogen-bond acceptors (Lipinski definition) is 4. The molecule has 2 N–H and O–H groups in total. The third-order valence-corrected chi connectivity index (χ3v) is 2.42. The van der Waals surface area contributed by atoms with Gasteiger partial charge in [0.2, 0.25) is 11.9 Å². The van der Waals surface area contributed by atoms with Gasteiger partial charge < -0.3 is 4.57 Å². The Morgan fingerprint density at radius 1 is 1.56 bits per heavy atom. The van der Waals surface area contributed by atoms with E-state index in [0.29, 0.717) is 12.1 Å². The van der Waals surface area contributed by atoms with Crippen LogP contribution >= 0.6 is 0 Å². The van der Waals surface area contributed by atoms with E-state index in [1.165, 1.54) is 6.33 Å². The lowest BCUT2D eigenvalue weighted by atomic mass is 10.1. The molecule has 7 nitrogen and oxygen atoms in total. The molecule has 0 fully saturated rings. The van der Waals surface area contributed by atoms with Crippen molar-refractivity contribution in [1.29, 1.82) is 0 Å². The lowest BCUT2D eigenvalue weighted by Crippen LogP contribution is -2.19. The minimum Gasteiger partial charge on any atom is -0.318 e. The molecule has 0 unspecified atom stereocenters. The van der Waals surface area contributed by atoms with Crippen molar-refractivity contribution in [3.05, 3.63) is 16.7 Å². The highest BCUT2D eigenvalue weighted by atomic mass is 16.2. The Bertz CT molecular complexity index is 640. The number of rotatable bonds is 3. The van der Waals surface area contributed by atoms with Gasteiger partial charge in [0.05, 0.1) is 6.33 Å². The van der Waals surface area contributed by atoms with E-state index in [9.17, 15) is 9.59 Å². The van der Waals surface area contributed by atoms with Crippen LogP contribution in [0.15, 0.2) is 11.1 Å². The number of anilines is 1. The summed E-state index contributed by atoms with van der Waals surface area (Å²) in [5.74, 6) is 0.230. The Kier molecular flexibility index (Phi) is 3.14. The summed E-state index contributed by atoms with van der Waals surface area (Å²) in [7, 11) is 1.74. The van der Waals surface area contributed by atoms with Crippen LogP contribution in [0.3, 0.4) is 0 Å². The highest BCUT2D eigenvalue weighted by Gasteiger charge is 2.11. The zero-order valence-corrected chi connectivity index (χ0v) is 10.5. The van der Waals surface area contributed by atoms with Gasteiger partial charge in [-0.05, 0) is 5.92 Å². The number of H-pyrrole nitrogens is 1. The van der Waals surface area contributed by atoms with Crippen LogP contribution in [-0.2, 0) is 11.8 Å². The maximum atomic E-state index is 11.7. The molecule has 2 rings (SSSR count). The van der Waals surface area contributed by atoms with Gasteiger partial charge in [0.1, 0.15) is 0 Å². The smallest absolute Gasteiger partial charge is 0.280 e. The predicted octanol–water partition coefficient (Wildman–Crippen LogP) is 0.641. The molecule has 0 aliphatic rings. The van der Waals surface area contributed by atoms with E-state index in [2.05, 4.69) is 20.3 Å². The fourth-order valence-electron chi connectivity index (χ4n) is 1.63. The number of nitrogens with one attached hydrogen (secondary N) is 2. The molecule has 7 heteroatoms. The van der Waals surface area contributed by atoms with E-state index >= 15 is 0 Å². The first-order valence-electron chi connectivity index (χ1n) is 5.68. The van der Waals surface area contributed by atoms with Gasteiger partial charge in [-0.1, -0.05) is 13.8 Å². The summed E-state index contributed by atoms with van der Waals surface area (Å²) in [5, 5.41) is 2.58. The molecule has 2 aromatic rings. The minimum atomic E-state index is -0.361. The van der Waals surface area contributed by atoms with Crippen LogP contribution in [0.25, 0.3) is 11.2 Å². The Morgan fingerprint density at radius 2 is 2.28 bits per heavy atom. The van der Waals surface area contributed by atoms with Crippen molar-refractivity contribution in [1.82, 2.24) is 19.5 Å². The zero-order valence-electron chi connectivity index (χ0n) is 10.5. The molecule has 0 aliphatic carbocycles. The summed E-state index contributed by atoms with van der Waals surface area (Å²) < 4.78 is 1.63. The topological polar surface area (TPSA) is 92.7 Å². The Morgan fingerprint density at radius 3 is 2.94 bits per heavy atom. The molecule has 0 saturated heterocycles. The lowest BCUT2D eigenvalue weighted by Gasteiger charge is -2.06. The molecule has 0 saturated carbocycles. The maximum Gasteiger partial charge on any atom is 0.280 e. The van der Waals surface area contributed by atoms with Gasteiger partial charge in [-0.15, -0.1) is 0 Å². The molecule has 0 aliphatic heterocycles. The molecule has 1 amide bonds. The molecular weight excluding hydrogens is 234 g/mol. The SMILES string of the molecule is CC(C)CC(=O)Nc1nc2c(ncn2C)c(=O)[nH]1. The number of carbonyl (C=O) groups excluding carboxylic acids is 1. The third kappa shape index (κ3) is 2.39. The number of nitrogens with zero attached hydrogens (tertiary/aromatic N) is 3. The van der Waals surface area contributed by atoms with Crippen LogP contribution in [-0.4, -0.2) is 25.4 Å². The van der Waals surface area contributed by atoms with Gasteiger partial charge in [0, 0.05) is 13.5 Å². The van der Waals surface area contributed by atoms with Crippen molar-refractivity contribution in [2.45, 2.75) is 20.3 Å². The van der Waals surface area contributed by atoms with E-state index in [-0.39, 0.29) is 28.8 Å². The van der Waals surface area contributed by atoms with Gasteiger partial charge >= 0.3 is 0 Å². The Hall–Kier alpha value is -2.18. The first kappa shape index (κ1) is 12.3. The fraction of sp³-hybridized carbons (Fsp3) is 0.455. The van der Waals surface area contributed by atoms with Crippen molar-refractivity contribution in [2.24, 2.45) is 13.0 Å². The van der Waals surface area contributed by atoms with E-state index in [1.54, 1.807) is 11.6 Å². The first-order chi connectivity index (χ1) is 8.47. The maximum absolute atomic E-state index is 11.7. The molecule has 2 aromatic heterocycles. The fourth-order valence-corrected chi connectivity index (χ4v) is 1.63. The van der Waals surface area contributed by atoms with Crippen LogP contribution in [0.5, 0.6) is 0 Å². The Balaban J connectivity index is 2.32. The van der Waals surface area contributed by atoms with Crippen LogP contribution in [0.4, 0.5) is 5.95 Å². The largest absolute Gasteiger partial charge is 0.318 e. The zero-order chi connectivity index (χ0) is 13.3. The number of aromatic amines is 1. The summed E-state index contributed by atoms with van der Waals surface area (Å²) in [6, 6.07) is 0. The van der Waals surface area contributed by atoms with Gasteiger partial charge in [0.25, 0.3) is 5.56 Å². The highest BCUT2D eigenvalue weighted by Crippen LogP contribution is 2.07. The summed E-state index contributed by atoms with van der Waals surface area (Å²) in [6.45, 7) is 3.89. The average molecular weight is 249 g/mol. The normalized spacial score (nSPS) is 11.1. The first-order valence-corrected chi connectivity index (χ1v) is 5.68. The second-order valence-electron chi connectivity index (χ2n) is 4.59. The summed E-state index contributed by atoms with van der Waals surface area (Å²) in [4.78, 5) is 33.9. The van der Waals surface area contributed by atoms with Crippen LogP contribution in [0.1, 0.15) is 20.3 Å². The third-order valence-electron chi connectivity index (χ3n) is 2.42. The molecular formula is C11H15N5O2. The van der Waals surface area contributed by atoms with Crippen LogP contribution in [0.2, 0.25) is 0 Å². The summed E-state index contributed by atoms with van der Waals surface area (Å²) >= 11 is 0. The van der Waals surface area contributed by atoms with Crippen molar-refractivity contribution < 1.29 is 4.79 Å². The molecule has 0 radical (unpaired) electrons. The molecule has 2 heterocycles. The van der Waals surface area contributed by atoms with E-state index in [4.69, 9.17) is 0 Å². The second kappa shape index (κ2) is 4.59. The number of fused-ring (bicyclic) bond motifs is 1. The van der Waals surface area contributed by atoms with Crippen LogP contribution < -0.4 is 10.9 Å². The van der Waals surface area contributed by atoms with Crippen molar-refractivity contribution in [3.63, 3.8) is 0 Å². The van der Waals surface area contributed by atoms with Gasteiger partial charge in [-0.25, -0.2) is 4.98 Å². The number of aryl methyl sites for hydroxylation is 1. The number of carbonyl (C=O) groups is 1. The molecule has 96 valence electrons. The molecule has 18 heavy (non-hydrogen) atoms. The van der Waals surface area contributed by atoms with Gasteiger partial charge in [-0.3, -0.25) is 19.9 Å². The van der Waals surface area contributed by atoms with Crippen molar-refractivity contribution in [2.75, 3.05) is 5.32 Å². The van der Waals surface area contributed by atoms with E-state index in [1.807, 2.05) is 13.8 Å². The second-order valence-corrected chi connectivity index (χ2v) is 4.59. The number of imidazole rings is 1. The number of aromatic nitrogens is 4. The molecule has 0 spiro atoms. The van der Waals surface area contributed by atoms with Gasteiger partial charge in [-0.2, -0.15) is 4.98 Å². The van der Waals surface area contributed by atoms with Crippen molar-refractivity contribution in [3.8, 4) is 0 Å². The summed E-state index contributed by atoms with van der Waals surface area (Å²) in [6.07, 6.45) is 1.89. The lowest BCUT2D eigenvalue weighted by molar-refractivity contribution is -0.116. The van der Waals surface area contributed by atoms with E-state index < -0.39 is 0 Å². The average Bonchev–Trinajstić information content (AvgIpc) is 2.59. The molecule has 0 aromatic carbocycles. The minimum absolute atomic E-state index is 0.154. The predicted molar refractivity (Wildman–Crippen MR) is 67.2 cm³/mol. The quantitative estimate of drug-likeness (QED) is 0.834. The monoisotopic (exact) mass is 249 g/mol. The van der Waals surface area contributed by atoms with Gasteiger partial charge in [0.15, 0.2) is 11.2 Å².